The number of benzene rings is 1. The summed E-state index contributed by atoms with van der Waals surface area (Å²) in [4.78, 5) is 0. The van der Waals surface area contributed by atoms with E-state index in [4.69, 9.17) is 66.1 Å². The lowest BCUT2D eigenvalue weighted by Crippen LogP contribution is -2.01. The van der Waals surface area contributed by atoms with Gasteiger partial charge in [0.2, 0.25) is 0 Å². The number of aliphatic hydroxyl groups is 2. The second kappa shape index (κ2) is 6.00. The zero-order valence-electron chi connectivity index (χ0n) is 7.64. The monoisotopic (exact) mass is 306 g/mol. The molecule has 4 nitrogen and oxygen atoms in total. The fourth-order valence-corrected chi connectivity index (χ4v) is 2.01. The van der Waals surface area contributed by atoms with Crippen molar-refractivity contribution in [3.63, 3.8) is 0 Å². The number of rotatable bonds is 4. The minimum atomic E-state index is -0.633. The highest BCUT2D eigenvalue weighted by Crippen LogP contribution is 2.49. The van der Waals surface area contributed by atoms with E-state index in [2.05, 4.69) is 0 Å². The first kappa shape index (κ1) is 14.0. The van der Waals surface area contributed by atoms with Crippen molar-refractivity contribution in [3.8, 4) is 11.5 Å². The van der Waals surface area contributed by atoms with Crippen LogP contribution in [0, 0.1) is 0 Å². The molecule has 90 valence electrons. The lowest BCUT2D eigenvalue weighted by atomic mass is 10.3. The van der Waals surface area contributed by atoms with Crippen LogP contribution in [0.15, 0.2) is 0 Å². The van der Waals surface area contributed by atoms with E-state index in [9.17, 15) is 0 Å². The first-order chi connectivity index (χ1) is 7.54. The number of halogens is 4. The number of ether oxygens (including phenoxy) is 2. The van der Waals surface area contributed by atoms with Crippen molar-refractivity contribution < 1.29 is 19.7 Å². The Morgan fingerprint density at radius 2 is 0.938 bits per heavy atom. The number of hydrogen-bond acceptors (Lipinski definition) is 4. The van der Waals surface area contributed by atoms with Crippen molar-refractivity contribution in [2.75, 3.05) is 13.6 Å². The Morgan fingerprint density at radius 3 is 1.12 bits per heavy atom. The highest BCUT2D eigenvalue weighted by atomic mass is 35.5. The maximum absolute atomic E-state index is 8.63. The second-order valence-electron chi connectivity index (χ2n) is 2.46. The Hall–Kier alpha value is -0.100. The van der Waals surface area contributed by atoms with Crippen LogP contribution >= 0.6 is 46.4 Å². The van der Waals surface area contributed by atoms with Crippen LogP contribution in [0.5, 0.6) is 11.5 Å². The van der Waals surface area contributed by atoms with Gasteiger partial charge in [-0.1, -0.05) is 46.4 Å². The first-order valence-corrected chi connectivity index (χ1v) is 5.39. The van der Waals surface area contributed by atoms with Gasteiger partial charge in [0.15, 0.2) is 25.1 Å². The SMILES string of the molecule is OCOc1c(Cl)c(Cl)c(OCO)c(Cl)c1Cl. The zero-order chi connectivity index (χ0) is 12.3. The highest BCUT2D eigenvalue weighted by Gasteiger charge is 2.22. The van der Waals surface area contributed by atoms with E-state index in [-0.39, 0.29) is 31.6 Å². The minimum Gasteiger partial charge on any atom is -0.465 e. The third-order valence-electron chi connectivity index (χ3n) is 1.60. The third-order valence-corrected chi connectivity index (χ3v) is 3.24. The molecule has 0 aliphatic carbocycles. The molecule has 0 spiro atoms. The van der Waals surface area contributed by atoms with Gasteiger partial charge in [-0.2, -0.15) is 0 Å². The Morgan fingerprint density at radius 1 is 0.688 bits per heavy atom. The lowest BCUT2D eigenvalue weighted by molar-refractivity contribution is 0.0950. The van der Waals surface area contributed by atoms with E-state index in [0.717, 1.165) is 0 Å². The average Bonchev–Trinajstić information content (AvgIpc) is 2.28. The molecule has 0 atom stereocenters. The van der Waals surface area contributed by atoms with E-state index in [1.807, 2.05) is 0 Å². The van der Waals surface area contributed by atoms with E-state index < -0.39 is 13.6 Å². The fourth-order valence-electron chi connectivity index (χ4n) is 0.974. The summed E-state index contributed by atoms with van der Waals surface area (Å²) < 4.78 is 9.53. The van der Waals surface area contributed by atoms with Crippen molar-refractivity contribution in [3.05, 3.63) is 20.1 Å². The highest BCUT2D eigenvalue weighted by molar-refractivity contribution is 6.50. The van der Waals surface area contributed by atoms with Crippen LogP contribution in [0.2, 0.25) is 20.1 Å². The maximum atomic E-state index is 8.63. The van der Waals surface area contributed by atoms with Gasteiger partial charge in [0, 0.05) is 0 Å². The average molecular weight is 308 g/mol. The molecule has 0 aliphatic heterocycles. The van der Waals surface area contributed by atoms with Crippen molar-refractivity contribution >= 4 is 46.4 Å². The second-order valence-corrected chi connectivity index (χ2v) is 3.97. The standard InChI is InChI=1S/C8H6Cl4O4/c9-3-5(11)8(16-2-14)6(12)4(10)7(3)15-1-13/h13-14H,1-2H2. The molecule has 0 aromatic heterocycles. The van der Waals surface area contributed by atoms with Crippen molar-refractivity contribution in [1.29, 1.82) is 0 Å². The molecule has 0 amide bonds. The molecule has 0 heterocycles. The number of hydrogen-bond donors (Lipinski definition) is 2. The van der Waals surface area contributed by atoms with Gasteiger partial charge in [0.1, 0.15) is 20.1 Å². The van der Waals surface area contributed by atoms with Crippen LogP contribution in [0.3, 0.4) is 0 Å². The quantitative estimate of drug-likeness (QED) is 0.663. The van der Waals surface area contributed by atoms with Gasteiger partial charge in [0.25, 0.3) is 0 Å². The molecule has 0 saturated heterocycles. The zero-order valence-corrected chi connectivity index (χ0v) is 10.7. The Bertz CT molecular complexity index is 330. The molecule has 0 unspecified atom stereocenters. The predicted octanol–water partition coefficient (Wildman–Crippen LogP) is 2.96. The molecule has 0 saturated carbocycles. The molecule has 2 N–H and O–H groups in total. The van der Waals surface area contributed by atoms with Crippen LogP contribution in [-0.2, 0) is 0 Å². The van der Waals surface area contributed by atoms with Gasteiger partial charge in [-0.3, -0.25) is 0 Å². The Labute approximate surface area is 111 Å². The normalized spacial score (nSPS) is 10.4. The minimum absolute atomic E-state index is 0.0499. The third kappa shape index (κ3) is 2.59. The van der Waals surface area contributed by atoms with Gasteiger partial charge >= 0.3 is 0 Å². The van der Waals surface area contributed by atoms with Crippen molar-refractivity contribution in [2.24, 2.45) is 0 Å². The van der Waals surface area contributed by atoms with Crippen LogP contribution in [0.1, 0.15) is 0 Å². The molecule has 0 radical (unpaired) electrons. The van der Waals surface area contributed by atoms with E-state index in [1.165, 1.54) is 0 Å². The molecule has 0 fully saturated rings. The summed E-state index contributed by atoms with van der Waals surface area (Å²) in [6, 6.07) is 0. The van der Waals surface area contributed by atoms with Gasteiger partial charge in [0.05, 0.1) is 0 Å². The van der Waals surface area contributed by atoms with Crippen LogP contribution in [-0.4, -0.2) is 23.8 Å². The van der Waals surface area contributed by atoms with Crippen molar-refractivity contribution in [2.45, 2.75) is 0 Å². The molecule has 0 aliphatic rings. The first-order valence-electron chi connectivity index (χ1n) is 3.87. The molecule has 8 heteroatoms. The largest absolute Gasteiger partial charge is 0.465 e. The summed E-state index contributed by atoms with van der Waals surface area (Å²) in [7, 11) is 0. The molecule has 1 rings (SSSR count). The Balaban J connectivity index is 3.37. The number of aliphatic hydroxyl groups excluding tert-OH is 2. The molecule has 1 aromatic rings. The smallest absolute Gasteiger partial charge is 0.186 e. The van der Waals surface area contributed by atoms with Crippen LogP contribution < -0.4 is 9.47 Å². The summed E-state index contributed by atoms with van der Waals surface area (Å²) in [6.07, 6.45) is 0. The predicted molar refractivity (Wildman–Crippen MR) is 61.9 cm³/mol. The van der Waals surface area contributed by atoms with Crippen LogP contribution in [0.25, 0.3) is 0 Å². The summed E-state index contributed by atoms with van der Waals surface area (Å²) in [5.74, 6) is -0.0998. The van der Waals surface area contributed by atoms with E-state index in [0.29, 0.717) is 0 Å². The topological polar surface area (TPSA) is 58.9 Å². The summed E-state index contributed by atoms with van der Waals surface area (Å²) >= 11 is 23.3. The van der Waals surface area contributed by atoms with Gasteiger partial charge in [-0.25, -0.2) is 0 Å². The van der Waals surface area contributed by atoms with Crippen LogP contribution in [0.4, 0.5) is 0 Å². The summed E-state index contributed by atoms with van der Waals surface area (Å²) in [5.41, 5.74) is 0. The summed E-state index contributed by atoms with van der Waals surface area (Å²) in [6.45, 7) is -1.27. The van der Waals surface area contributed by atoms with Gasteiger partial charge < -0.3 is 19.7 Å². The fraction of sp³-hybridized carbons (Fsp3) is 0.250. The van der Waals surface area contributed by atoms with Crippen molar-refractivity contribution in [1.82, 2.24) is 0 Å². The van der Waals surface area contributed by atoms with E-state index >= 15 is 0 Å². The van der Waals surface area contributed by atoms with E-state index in [1.54, 1.807) is 0 Å². The van der Waals surface area contributed by atoms with Gasteiger partial charge in [-0.05, 0) is 0 Å². The molecule has 0 bridgehead atoms. The molecule has 16 heavy (non-hydrogen) atoms. The van der Waals surface area contributed by atoms with Gasteiger partial charge in [-0.15, -0.1) is 0 Å². The Kier molecular flexibility index (Phi) is 5.24. The maximum Gasteiger partial charge on any atom is 0.186 e. The molecule has 1 aromatic carbocycles. The summed E-state index contributed by atoms with van der Waals surface area (Å²) in [5, 5.41) is 17.0. The lowest BCUT2D eigenvalue weighted by Gasteiger charge is -2.14. The molecular formula is C8H6Cl4O4. The molecular weight excluding hydrogens is 302 g/mol.